The lowest BCUT2D eigenvalue weighted by Crippen LogP contribution is -2.46. The second-order valence-electron chi connectivity index (χ2n) is 10.7. The Labute approximate surface area is 215 Å². The maximum atomic E-state index is 12.5. The van der Waals surface area contributed by atoms with E-state index in [1.165, 1.54) is 83.5 Å². The van der Waals surface area contributed by atoms with Gasteiger partial charge in [0.15, 0.2) is 0 Å². The molecule has 6 nitrogen and oxygen atoms in total. The van der Waals surface area contributed by atoms with Gasteiger partial charge in [-0.2, -0.15) is 0 Å². The molecule has 2 fully saturated rings. The topological polar surface area (TPSA) is 59.1 Å². The smallest absolute Gasteiger partial charge is 0.306 e. The molecule has 0 radical (unpaired) electrons. The highest BCUT2D eigenvalue weighted by Gasteiger charge is 2.27. The Kier molecular flexibility index (Phi) is 17.2. The van der Waals surface area contributed by atoms with Gasteiger partial charge >= 0.3 is 5.97 Å². The average molecular weight is 495 g/mol. The van der Waals surface area contributed by atoms with E-state index in [0.29, 0.717) is 25.9 Å². The van der Waals surface area contributed by atoms with Crippen molar-refractivity contribution >= 4 is 11.9 Å². The third-order valence-electron chi connectivity index (χ3n) is 7.44. The zero-order valence-electron chi connectivity index (χ0n) is 22.8. The van der Waals surface area contributed by atoms with Crippen LogP contribution in [-0.2, 0) is 19.1 Å². The first-order valence-electron chi connectivity index (χ1n) is 15.0. The molecule has 0 saturated carbocycles. The highest BCUT2D eigenvalue weighted by atomic mass is 16.5. The Bertz CT molecular complexity index is 551. The number of nitrogens with zero attached hydrogens (tertiary/aromatic N) is 2. The Morgan fingerprint density at radius 2 is 1.34 bits per heavy atom. The van der Waals surface area contributed by atoms with Crippen LogP contribution in [0.25, 0.3) is 0 Å². The number of morpholine rings is 1. The normalized spacial score (nSPS) is 17.7. The molecule has 2 aliphatic heterocycles. The number of hydrogen-bond donors (Lipinski definition) is 0. The number of carbonyl (C=O) groups excluding carboxylic acids is 2. The van der Waals surface area contributed by atoms with Crippen molar-refractivity contribution in [2.24, 2.45) is 0 Å². The van der Waals surface area contributed by atoms with Crippen LogP contribution in [0.3, 0.4) is 0 Å². The van der Waals surface area contributed by atoms with Gasteiger partial charge in [-0.25, -0.2) is 0 Å². The number of unbranched alkanes of at least 4 members (excludes halogenated alkanes) is 14. The maximum Gasteiger partial charge on any atom is 0.306 e. The Morgan fingerprint density at radius 3 is 1.86 bits per heavy atom. The van der Waals surface area contributed by atoms with Gasteiger partial charge in [0, 0.05) is 39.0 Å². The van der Waals surface area contributed by atoms with Gasteiger partial charge in [0.1, 0.15) is 6.10 Å². The monoisotopic (exact) mass is 494 g/mol. The Balaban J connectivity index is 1.47. The summed E-state index contributed by atoms with van der Waals surface area (Å²) in [6.07, 6.45) is 21.6. The fourth-order valence-electron chi connectivity index (χ4n) is 5.23. The van der Waals surface area contributed by atoms with E-state index < -0.39 is 0 Å². The summed E-state index contributed by atoms with van der Waals surface area (Å²) in [6.45, 7) is 7.46. The number of carbonyl (C=O) groups is 2. The summed E-state index contributed by atoms with van der Waals surface area (Å²) >= 11 is 0. The summed E-state index contributed by atoms with van der Waals surface area (Å²) in [5, 5.41) is 0. The molecule has 0 N–H and O–H groups in total. The van der Waals surface area contributed by atoms with Gasteiger partial charge in [0.2, 0.25) is 5.91 Å². The molecule has 0 aromatic rings. The van der Waals surface area contributed by atoms with E-state index >= 15 is 0 Å². The molecule has 0 aromatic heterocycles. The quantitative estimate of drug-likeness (QED) is 0.142. The predicted octanol–water partition coefficient (Wildman–Crippen LogP) is 6.11. The molecule has 0 spiro atoms. The molecule has 2 saturated heterocycles. The lowest BCUT2D eigenvalue weighted by atomic mass is 10.0. The van der Waals surface area contributed by atoms with E-state index in [-0.39, 0.29) is 18.0 Å². The molecule has 1 unspecified atom stereocenters. The Morgan fingerprint density at radius 1 is 0.800 bits per heavy atom. The van der Waals surface area contributed by atoms with Gasteiger partial charge in [-0.15, -0.1) is 0 Å². The lowest BCUT2D eigenvalue weighted by Gasteiger charge is -2.32. The largest absolute Gasteiger partial charge is 0.459 e. The first-order valence-corrected chi connectivity index (χ1v) is 15.0. The summed E-state index contributed by atoms with van der Waals surface area (Å²) in [4.78, 5) is 28.7. The highest BCUT2D eigenvalue weighted by molar-refractivity contribution is 5.78. The third kappa shape index (κ3) is 14.9. The van der Waals surface area contributed by atoms with Crippen molar-refractivity contribution in [3.63, 3.8) is 0 Å². The molecule has 1 atom stereocenters. The molecule has 1 amide bonds. The number of ether oxygens (including phenoxy) is 2. The van der Waals surface area contributed by atoms with Crippen LogP contribution in [0.15, 0.2) is 0 Å². The summed E-state index contributed by atoms with van der Waals surface area (Å²) < 4.78 is 11.3. The highest BCUT2D eigenvalue weighted by Crippen LogP contribution is 2.15. The van der Waals surface area contributed by atoms with Crippen molar-refractivity contribution in [2.45, 2.75) is 129 Å². The molecule has 35 heavy (non-hydrogen) atoms. The molecule has 0 aromatic carbocycles. The lowest BCUT2D eigenvalue weighted by molar-refractivity contribution is -0.153. The third-order valence-corrected chi connectivity index (χ3v) is 7.44. The number of amides is 1. The van der Waals surface area contributed by atoms with Gasteiger partial charge in [0.05, 0.1) is 19.8 Å². The van der Waals surface area contributed by atoms with Gasteiger partial charge in [-0.3, -0.25) is 14.5 Å². The molecule has 0 bridgehead atoms. The second kappa shape index (κ2) is 20.0. The van der Waals surface area contributed by atoms with Crippen molar-refractivity contribution in [3.8, 4) is 0 Å². The molecular formula is C29H54N2O4. The number of rotatable bonds is 21. The van der Waals surface area contributed by atoms with Crippen molar-refractivity contribution in [1.82, 2.24) is 9.80 Å². The standard InChI is InChI=1S/C29H54N2O4/c1-2-3-4-5-6-7-8-9-10-11-12-13-14-15-16-19-29(33)35-27(25-30-21-23-34-24-22-30)26-31-20-17-18-28(31)32/h27H,2-26H2,1H3. The summed E-state index contributed by atoms with van der Waals surface area (Å²) in [6, 6.07) is 0. The molecule has 0 aliphatic carbocycles. The number of esters is 1. The van der Waals surface area contributed by atoms with Crippen LogP contribution in [0.5, 0.6) is 0 Å². The van der Waals surface area contributed by atoms with E-state index in [4.69, 9.17) is 9.47 Å². The zero-order valence-corrected chi connectivity index (χ0v) is 22.8. The molecule has 204 valence electrons. The minimum absolute atomic E-state index is 0.107. The SMILES string of the molecule is CCCCCCCCCCCCCCCCCC(=O)OC(CN1CCOCC1)CN1CCCC1=O. The fourth-order valence-corrected chi connectivity index (χ4v) is 5.23. The van der Waals surface area contributed by atoms with Crippen molar-refractivity contribution in [1.29, 1.82) is 0 Å². The van der Waals surface area contributed by atoms with E-state index in [1.807, 2.05) is 4.90 Å². The van der Waals surface area contributed by atoms with Gasteiger partial charge in [-0.1, -0.05) is 96.8 Å². The maximum absolute atomic E-state index is 12.5. The van der Waals surface area contributed by atoms with Crippen molar-refractivity contribution in [3.05, 3.63) is 0 Å². The second-order valence-corrected chi connectivity index (χ2v) is 10.7. The molecule has 2 aliphatic rings. The van der Waals surface area contributed by atoms with E-state index in [1.54, 1.807) is 0 Å². The average Bonchev–Trinajstić information content (AvgIpc) is 3.26. The summed E-state index contributed by atoms with van der Waals surface area (Å²) in [5.74, 6) is 0.0834. The number of likely N-dealkylation sites (tertiary alicyclic amines) is 1. The summed E-state index contributed by atoms with van der Waals surface area (Å²) in [7, 11) is 0. The summed E-state index contributed by atoms with van der Waals surface area (Å²) in [5.41, 5.74) is 0. The predicted molar refractivity (Wildman–Crippen MR) is 142 cm³/mol. The fraction of sp³-hybridized carbons (Fsp3) is 0.931. The van der Waals surface area contributed by atoms with Crippen molar-refractivity contribution < 1.29 is 19.1 Å². The molecule has 2 heterocycles. The van der Waals surface area contributed by atoms with E-state index in [0.717, 1.165) is 52.1 Å². The van der Waals surface area contributed by atoms with Gasteiger partial charge in [0.25, 0.3) is 0 Å². The van der Waals surface area contributed by atoms with Gasteiger partial charge in [-0.05, 0) is 12.8 Å². The van der Waals surface area contributed by atoms with Crippen LogP contribution in [0.4, 0.5) is 0 Å². The van der Waals surface area contributed by atoms with Crippen LogP contribution in [-0.4, -0.2) is 73.7 Å². The Hall–Kier alpha value is -1.14. The molecule has 6 heteroatoms. The zero-order chi connectivity index (χ0) is 25.0. The van der Waals surface area contributed by atoms with Crippen molar-refractivity contribution in [2.75, 3.05) is 45.9 Å². The van der Waals surface area contributed by atoms with Crippen LogP contribution < -0.4 is 0 Å². The minimum Gasteiger partial charge on any atom is -0.459 e. The first-order chi connectivity index (χ1) is 17.2. The van der Waals surface area contributed by atoms with E-state index in [2.05, 4.69) is 11.8 Å². The van der Waals surface area contributed by atoms with Crippen LogP contribution in [0, 0.1) is 0 Å². The molecular weight excluding hydrogens is 440 g/mol. The van der Waals surface area contributed by atoms with Crippen LogP contribution in [0.2, 0.25) is 0 Å². The minimum atomic E-state index is -0.237. The molecule has 2 rings (SSSR count). The number of hydrogen-bond acceptors (Lipinski definition) is 5. The first kappa shape index (κ1) is 30.1. The van der Waals surface area contributed by atoms with Crippen LogP contribution >= 0.6 is 0 Å². The van der Waals surface area contributed by atoms with Crippen LogP contribution in [0.1, 0.15) is 122 Å². The van der Waals surface area contributed by atoms with Gasteiger partial charge < -0.3 is 14.4 Å². The van der Waals surface area contributed by atoms with E-state index in [9.17, 15) is 9.59 Å².